The molecule has 0 atom stereocenters. The highest BCUT2D eigenvalue weighted by molar-refractivity contribution is 6.08. The quantitative estimate of drug-likeness (QED) is 0.114. The molecule has 3 aliphatic rings. The molecular formula is C70H62F2N2. The van der Waals surface area contributed by atoms with Gasteiger partial charge in [-0.25, -0.2) is 8.78 Å². The molecule has 4 heteroatoms. The zero-order valence-electron chi connectivity index (χ0n) is 43.2. The largest absolute Gasteiger partial charge is 0.344 e. The number of hydrogen-bond donors (Lipinski definition) is 0. The van der Waals surface area contributed by atoms with Crippen LogP contribution >= 0.6 is 0 Å². The van der Waals surface area contributed by atoms with Crippen molar-refractivity contribution in [1.29, 1.82) is 0 Å². The Balaban J connectivity index is 0.000000186. The summed E-state index contributed by atoms with van der Waals surface area (Å²) in [5.41, 5.74) is 21.1. The highest BCUT2D eigenvalue weighted by Crippen LogP contribution is 2.64. The van der Waals surface area contributed by atoms with E-state index in [0.717, 1.165) is 39.4 Å². The Labute approximate surface area is 436 Å². The number of hydrogen-bond acceptors (Lipinski definition) is 1. The zero-order valence-corrected chi connectivity index (χ0v) is 43.2. The average Bonchev–Trinajstić information content (AvgIpc) is 4.01. The molecule has 366 valence electrons. The lowest BCUT2D eigenvalue weighted by Gasteiger charge is -2.34. The van der Waals surface area contributed by atoms with Gasteiger partial charge in [0.25, 0.3) is 0 Å². The third-order valence-electron chi connectivity index (χ3n) is 14.5. The number of aryl methyl sites for hydroxylation is 4. The highest BCUT2D eigenvalue weighted by atomic mass is 19.1. The monoisotopic (exact) mass is 968 g/mol. The summed E-state index contributed by atoms with van der Waals surface area (Å²) in [4.78, 5) is 1.77. The van der Waals surface area contributed by atoms with Crippen LogP contribution in [0.3, 0.4) is 0 Å². The van der Waals surface area contributed by atoms with Gasteiger partial charge in [0.2, 0.25) is 0 Å². The van der Waals surface area contributed by atoms with Crippen molar-refractivity contribution in [3.63, 3.8) is 0 Å². The van der Waals surface area contributed by atoms with Crippen LogP contribution in [0, 0.1) is 25.5 Å². The molecule has 0 unspecified atom stereocenters. The molecule has 9 aromatic rings. The van der Waals surface area contributed by atoms with Crippen LogP contribution in [0.15, 0.2) is 227 Å². The normalized spacial score (nSPS) is 13.0. The van der Waals surface area contributed by atoms with Crippen molar-refractivity contribution >= 4 is 50.9 Å². The van der Waals surface area contributed by atoms with Crippen molar-refractivity contribution in [2.45, 2.75) is 46.0 Å². The number of fused-ring (bicyclic) bond motifs is 14. The Kier molecular flexibility index (Phi) is 14.4. The zero-order chi connectivity index (χ0) is 52.3. The molecule has 74 heavy (non-hydrogen) atoms. The standard InChI is InChI=1S/C42H31F2N.C14H13N.C11H12.C3H6/c1-6-14-28(7-2)45(39-22-20-27(43)24-38(39)44)40-25-37-41(30(9-4)29(40)8-3)33-21-19-26(5)23-36(33)42(37)34-17-12-10-15-31(34)32-16-11-13-18-35(32)42;1-10-7-8-12-11-5-3-4-6-13(11)15(2)14(12)9-10;1-9-5-4-7-10-6-2-3-8-11(9)10;1-3-2/h6-25H,1-4H2,5H3;3-9H,1-2H3;2-3,5-6,8H,4,7H2,1H3;3H,1H2,2H3/b28-14+;;;. The minimum atomic E-state index is -0.701. The Morgan fingerprint density at radius 3 is 1.84 bits per heavy atom. The summed E-state index contributed by atoms with van der Waals surface area (Å²) >= 11 is 0. The van der Waals surface area contributed by atoms with Crippen molar-refractivity contribution < 1.29 is 8.78 Å². The summed E-state index contributed by atoms with van der Waals surface area (Å²) in [7, 11) is 2.13. The van der Waals surface area contributed by atoms with Gasteiger partial charge in [0, 0.05) is 46.2 Å². The molecule has 1 heterocycles. The lowest BCUT2D eigenvalue weighted by atomic mass is 9.70. The number of allylic oxidation sites excluding steroid dienone is 6. The van der Waals surface area contributed by atoms with Crippen LogP contribution in [0.1, 0.15) is 75.9 Å². The molecule has 0 N–H and O–H groups in total. The van der Waals surface area contributed by atoms with Crippen LogP contribution in [-0.4, -0.2) is 4.57 Å². The average molecular weight is 969 g/mol. The predicted octanol–water partition coefficient (Wildman–Crippen LogP) is 19.2. The van der Waals surface area contributed by atoms with Crippen LogP contribution in [0.25, 0.3) is 61.8 Å². The van der Waals surface area contributed by atoms with Gasteiger partial charge in [-0.05, 0) is 155 Å². The summed E-state index contributed by atoms with van der Waals surface area (Å²) in [6.07, 6.45) is 15.2. The van der Waals surface area contributed by atoms with E-state index >= 15 is 4.39 Å². The lowest BCUT2D eigenvalue weighted by Crippen LogP contribution is -2.27. The lowest BCUT2D eigenvalue weighted by molar-refractivity contribution is 0.584. The molecule has 0 bridgehead atoms. The van der Waals surface area contributed by atoms with Gasteiger partial charge in [-0.2, -0.15) is 0 Å². The summed E-state index contributed by atoms with van der Waals surface area (Å²) in [5, 5.41) is 2.69. The van der Waals surface area contributed by atoms with E-state index in [-0.39, 0.29) is 5.69 Å². The second kappa shape index (κ2) is 21.2. The van der Waals surface area contributed by atoms with Crippen LogP contribution < -0.4 is 4.90 Å². The van der Waals surface area contributed by atoms with Crippen LogP contribution in [-0.2, 0) is 18.9 Å². The topological polar surface area (TPSA) is 8.17 Å². The first kappa shape index (κ1) is 50.3. The van der Waals surface area contributed by atoms with E-state index in [1.54, 1.807) is 35.3 Å². The number of anilines is 2. The number of benzene rings is 8. The minimum Gasteiger partial charge on any atom is -0.344 e. The highest BCUT2D eigenvalue weighted by Gasteiger charge is 2.52. The molecule has 0 aliphatic heterocycles. The van der Waals surface area contributed by atoms with Gasteiger partial charge in [-0.1, -0.05) is 184 Å². The number of rotatable bonds is 7. The summed E-state index contributed by atoms with van der Waals surface area (Å²) < 4.78 is 32.2. The van der Waals surface area contributed by atoms with Crippen LogP contribution in [0.2, 0.25) is 0 Å². The molecule has 2 nitrogen and oxygen atoms in total. The van der Waals surface area contributed by atoms with Crippen molar-refractivity contribution in [1.82, 2.24) is 4.57 Å². The van der Waals surface area contributed by atoms with Crippen molar-refractivity contribution in [2.24, 2.45) is 7.05 Å². The number of halogens is 2. The van der Waals surface area contributed by atoms with E-state index in [1.165, 1.54) is 96.9 Å². The van der Waals surface area contributed by atoms with Gasteiger partial charge in [-0.15, -0.1) is 6.58 Å². The Morgan fingerprint density at radius 1 is 0.581 bits per heavy atom. The van der Waals surface area contributed by atoms with E-state index in [0.29, 0.717) is 11.4 Å². The third-order valence-corrected chi connectivity index (χ3v) is 14.5. The van der Waals surface area contributed by atoms with Gasteiger partial charge in [0.15, 0.2) is 0 Å². The first-order valence-electron chi connectivity index (χ1n) is 25.2. The molecule has 3 aliphatic carbocycles. The minimum absolute atomic E-state index is 0.176. The maximum Gasteiger partial charge on any atom is 0.150 e. The fourth-order valence-corrected chi connectivity index (χ4v) is 11.4. The summed E-state index contributed by atoms with van der Waals surface area (Å²) in [6.45, 7) is 28.1. The second-order valence-electron chi connectivity index (χ2n) is 19.0. The van der Waals surface area contributed by atoms with Gasteiger partial charge < -0.3 is 9.47 Å². The van der Waals surface area contributed by atoms with Crippen molar-refractivity contribution in [2.75, 3.05) is 4.90 Å². The van der Waals surface area contributed by atoms with Gasteiger partial charge in [0.05, 0.1) is 16.8 Å². The molecular weight excluding hydrogens is 907 g/mol. The maximum atomic E-state index is 15.7. The first-order chi connectivity index (χ1) is 36.0. The van der Waals surface area contributed by atoms with E-state index in [2.05, 4.69) is 211 Å². The van der Waals surface area contributed by atoms with Crippen LogP contribution in [0.5, 0.6) is 0 Å². The Morgan fingerprint density at radius 2 is 1.19 bits per heavy atom. The van der Waals surface area contributed by atoms with Gasteiger partial charge in [0.1, 0.15) is 11.6 Å². The van der Waals surface area contributed by atoms with E-state index in [4.69, 9.17) is 0 Å². The molecule has 8 aromatic carbocycles. The Bertz CT molecular complexity index is 3720. The van der Waals surface area contributed by atoms with E-state index < -0.39 is 17.0 Å². The fourth-order valence-electron chi connectivity index (χ4n) is 11.4. The molecule has 0 amide bonds. The molecule has 1 spiro atoms. The fraction of sp³-hybridized carbons (Fsp3) is 0.114. The maximum absolute atomic E-state index is 15.7. The van der Waals surface area contributed by atoms with E-state index in [1.807, 2.05) is 13.0 Å². The SMILES string of the molecule is C=C/C=C(\C=C)N(c1ccc(F)cc1F)c1cc2c(c(C=C)c1C=C)-c1ccc(C)cc1C21c2ccccc2-c2ccccc21.C=CC.CC1=CCCc2ccccc21.Cc1ccc2c3ccccc3n(C)c2c1. The number of para-hydroxylation sites is 1. The predicted molar refractivity (Wildman–Crippen MR) is 314 cm³/mol. The third kappa shape index (κ3) is 8.60. The molecule has 1 aromatic heterocycles. The summed E-state index contributed by atoms with van der Waals surface area (Å²) in [5.74, 6) is -1.36. The van der Waals surface area contributed by atoms with Gasteiger partial charge >= 0.3 is 0 Å². The molecule has 0 fully saturated rings. The van der Waals surface area contributed by atoms with Crippen molar-refractivity contribution in [3.8, 4) is 22.3 Å². The molecule has 0 saturated carbocycles. The van der Waals surface area contributed by atoms with Crippen LogP contribution in [0.4, 0.5) is 20.2 Å². The molecule has 12 rings (SSSR count). The first-order valence-corrected chi connectivity index (χ1v) is 25.2. The van der Waals surface area contributed by atoms with Crippen molar-refractivity contribution in [3.05, 3.63) is 294 Å². The number of nitrogens with zero attached hydrogens (tertiary/aromatic N) is 2. The smallest absolute Gasteiger partial charge is 0.150 e. The second-order valence-corrected chi connectivity index (χ2v) is 19.0. The Hall–Kier alpha value is -8.60. The van der Waals surface area contributed by atoms with Gasteiger partial charge in [-0.3, -0.25) is 0 Å². The molecule has 0 radical (unpaired) electrons. The molecule has 0 saturated heterocycles. The van der Waals surface area contributed by atoms with E-state index in [9.17, 15) is 4.39 Å². The number of aromatic nitrogens is 1. The summed E-state index contributed by atoms with van der Waals surface area (Å²) in [6, 6.07) is 53.4.